The highest BCUT2D eigenvalue weighted by atomic mass is 35.5. The number of nitrogens with zero attached hydrogens (tertiary/aromatic N) is 3. The number of benzene rings is 1. The van der Waals surface area contributed by atoms with Gasteiger partial charge >= 0.3 is 0 Å². The van der Waals surface area contributed by atoms with Gasteiger partial charge in [0, 0.05) is 29.2 Å². The average Bonchev–Trinajstić information content (AvgIpc) is 3.52. The Balaban J connectivity index is 0.00000272. The van der Waals surface area contributed by atoms with Gasteiger partial charge in [-0.3, -0.25) is 0 Å². The summed E-state index contributed by atoms with van der Waals surface area (Å²) < 4.78 is 7.96. The number of para-hydroxylation sites is 1. The zero-order valence-corrected chi connectivity index (χ0v) is 19.6. The normalized spacial score (nSPS) is 16.1. The number of unbranched alkanes of at least 4 members (excludes halogenated alkanes) is 8. The Hall–Kier alpha value is -1.85. The second kappa shape index (κ2) is 12.3. The second-order valence-electron chi connectivity index (χ2n) is 8.69. The summed E-state index contributed by atoms with van der Waals surface area (Å²) >= 11 is 0. The molecule has 1 aromatic carbocycles. The third-order valence-corrected chi connectivity index (χ3v) is 6.33. The zero-order valence-electron chi connectivity index (χ0n) is 18.8. The number of aromatic nitrogens is 3. The third-order valence-electron chi connectivity index (χ3n) is 6.33. The van der Waals surface area contributed by atoms with Crippen molar-refractivity contribution in [3.8, 4) is 11.4 Å². The van der Waals surface area contributed by atoms with Crippen LogP contribution in [-0.2, 0) is 6.54 Å². The van der Waals surface area contributed by atoms with Crippen molar-refractivity contribution in [2.24, 2.45) is 0 Å². The van der Waals surface area contributed by atoms with Crippen LogP contribution < -0.4 is 5.32 Å². The van der Waals surface area contributed by atoms with Crippen LogP contribution in [0, 0.1) is 0 Å². The van der Waals surface area contributed by atoms with E-state index in [1.807, 2.05) is 0 Å². The lowest BCUT2D eigenvalue weighted by atomic mass is 10.1. The van der Waals surface area contributed by atoms with Crippen LogP contribution in [0.5, 0.6) is 0 Å². The van der Waals surface area contributed by atoms with Crippen LogP contribution in [0.2, 0.25) is 0 Å². The van der Waals surface area contributed by atoms with Crippen molar-refractivity contribution in [2.75, 3.05) is 6.54 Å². The highest BCUT2D eigenvalue weighted by Gasteiger charge is 2.23. The Kier molecular flexibility index (Phi) is 9.41. The molecule has 0 saturated carbocycles. The summed E-state index contributed by atoms with van der Waals surface area (Å²) in [5.74, 6) is 1.43. The summed E-state index contributed by atoms with van der Waals surface area (Å²) in [5.41, 5.74) is 2.34. The number of hydrogen-bond acceptors (Lipinski definition) is 4. The Bertz CT molecular complexity index is 913. The number of hydrogen-bond donors (Lipinski definition) is 1. The number of nitrogens with one attached hydrogen (secondary N) is 1. The van der Waals surface area contributed by atoms with Crippen molar-refractivity contribution in [1.82, 2.24) is 20.0 Å². The number of fused-ring (bicyclic) bond motifs is 1. The van der Waals surface area contributed by atoms with Crippen LogP contribution in [0.3, 0.4) is 0 Å². The molecule has 1 saturated heterocycles. The molecule has 1 aliphatic rings. The average molecular weight is 445 g/mol. The molecule has 31 heavy (non-hydrogen) atoms. The van der Waals surface area contributed by atoms with E-state index in [0.717, 1.165) is 31.0 Å². The van der Waals surface area contributed by atoms with E-state index in [1.165, 1.54) is 75.1 Å². The first-order valence-electron chi connectivity index (χ1n) is 12.0. The maximum absolute atomic E-state index is 5.59. The van der Waals surface area contributed by atoms with Crippen molar-refractivity contribution >= 4 is 23.3 Å². The highest BCUT2D eigenvalue weighted by Crippen LogP contribution is 2.31. The molecule has 0 spiro atoms. The first-order valence-corrected chi connectivity index (χ1v) is 12.0. The van der Waals surface area contributed by atoms with Crippen LogP contribution in [-0.4, -0.2) is 21.3 Å². The van der Waals surface area contributed by atoms with Crippen molar-refractivity contribution in [3.63, 3.8) is 0 Å². The molecule has 5 nitrogen and oxygen atoms in total. The largest absolute Gasteiger partial charge is 0.347 e. The van der Waals surface area contributed by atoms with Crippen molar-refractivity contribution in [1.29, 1.82) is 0 Å². The molecule has 1 fully saturated rings. The molecule has 1 unspecified atom stereocenters. The van der Waals surface area contributed by atoms with Crippen molar-refractivity contribution in [3.05, 3.63) is 36.4 Å². The lowest BCUT2D eigenvalue weighted by Gasteiger charge is -2.05. The van der Waals surface area contributed by atoms with Gasteiger partial charge in [-0.15, -0.1) is 12.4 Å². The standard InChI is InChI=1S/C25H36N4O.ClH/c1-2-3-4-5-6-7-8-9-12-18-29-19-21(20-14-10-11-16-23(20)29)24-27-25(30-28-24)22-15-13-17-26-22;/h10-11,14,16,19,22,26H,2-9,12-13,15,17-18H2,1H3;1H. The second-order valence-corrected chi connectivity index (χ2v) is 8.69. The molecule has 3 heterocycles. The van der Waals surface area contributed by atoms with E-state index in [2.05, 4.69) is 52.4 Å². The van der Waals surface area contributed by atoms with Crippen molar-refractivity contribution in [2.45, 2.75) is 90.1 Å². The molecular weight excluding hydrogens is 408 g/mol. The van der Waals surface area contributed by atoms with E-state index in [1.54, 1.807) is 0 Å². The summed E-state index contributed by atoms with van der Waals surface area (Å²) in [7, 11) is 0. The molecule has 170 valence electrons. The third kappa shape index (κ3) is 6.11. The van der Waals surface area contributed by atoms with Gasteiger partial charge in [-0.1, -0.05) is 81.6 Å². The molecule has 0 radical (unpaired) electrons. The SMILES string of the molecule is CCCCCCCCCCCn1cc(-c2noc(C3CCCN3)n2)c2ccccc21.Cl. The van der Waals surface area contributed by atoms with E-state index in [0.29, 0.717) is 5.82 Å². The molecule has 0 amide bonds. The number of aryl methyl sites for hydroxylation is 1. The fraction of sp³-hybridized carbons (Fsp3) is 0.600. The molecule has 0 bridgehead atoms. The van der Waals surface area contributed by atoms with Crippen LogP contribution >= 0.6 is 12.4 Å². The van der Waals surface area contributed by atoms with Gasteiger partial charge in [0.15, 0.2) is 0 Å². The minimum atomic E-state index is 0. The lowest BCUT2D eigenvalue weighted by molar-refractivity contribution is 0.345. The molecule has 6 heteroatoms. The molecule has 1 aliphatic heterocycles. The topological polar surface area (TPSA) is 55.9 Å². The van der Waals surface area contributed by atoms with E-state index in [-0.39, 0.29) is 18.4 Å². The quantitative estimate of drug-likeness (QED) is 0.303. The number of halogens is 1. The van der Waals surface area contributed by atoms with E-state index in [4.69, 9.17) is 9.51 Å². The summed E-state index contributed by atoms with van der Waals surface area (Å²) in [5, 5.41) is 8.95. The Morgan fingerprint density at radius 1 is 1.03 bits per heavy atom. The molecule has 1 N–H and O–H groups in total. The smallest absolute Gasteiger partial charge is 0.244 e. The summed E-state index contributed by atoms with van der Waals surface area (Å²) in [6.07, 6.45) is 16.6. The van der Waals surface area contributed by atoms with Gasteiger partial charge in [-0.25, -0.2) is 0 Å². The molecular formula is C25H37ClN4O. The van der Waals surface area contributed by atoms with Crippen molar-refractivity contribution < 1.29 is 4.52 Å². The lowest BCUT2D eigenvalue weighted by Crippen LogP contribution is -2.12. The maximum atomic E-state index is 5.59. The van der Waals surface area contributed by atoms with Crippen LogP contribution in [0.1, 0.15) is 89.5 Å². The van der Waals surface area contributed by atoms with Gasteiger partial charge in [-0.05, 0) is 31.9 Å². The predicted octanol–water partition coefficient (Wildman–Crippen LogP) is 7.07. The molecule has 0 aliphatic carbocycles. The molecule has 4 rings (SSSR count). The zero-order chi connectivity index (χ0) is 20.6. The summed E-state index contributed by atoms with van der Waals surface area (Å²) in [6.45, 7) is 4.35. The van der Waals surface area contributed by atoms with Gasteiger partial charge in [0.1, 0.15) is 0 Å². The fourth-order valence-electron chi connectivity index (χ4n) is 4.58. The van der Waals surface area contributed by atoms with Crippen LogP contribution in [0.15, 0.2) is 35.0 Å². The minimum Gasteiger partial charge on any atom is -0.347 e. The van der Waals surface area contributed by atoms with E-state index < -0.39 is 0 Å². The number of rotatable bonds is 12. The Morgan fingerprint density at radius 3 is 2.52 bits per heavy atom. The maximum Gasteiger partial charge on any atom is 0.244 e. The van der Waals surface area contributed by atoms with Gasteiger partial charge in [0.05, 0.1) is 6.04 Å². The molecule has 1 atom stereocenters. The van der Waals surface area contributed by atoms with Crippen LogP contribution in [0.25, 0.3) is 22.3 Å². The Morgan fingerprint density at radius 2 is 1.77 bits per heavy atom. The first-order chi connectivity index (χ1) is 14.9. The Labute approximate surface area is 192 Å². The monoisotopic (exact) mass is 444 g/mol. The van der Waals surface area contributed by atoms with Gasteiger partial charge in [0.2, 0.25) is 11.7 Å². The molecule has 2 aromatic heterocycles. The van der Waals surface area contributed by atoms with Gasteiger partial charge in [-0.2, -0.15) is 4.98 Å². The summed E-state index contributed by atoms with van der Waals surface area (Å²) in [6, 6.07) is 8.78. The molecule has 3 aromatic rings. The van der Waals surface area contributed by atoms with E-state index in [9.17, 15) is 0 Å². The van der Waals surface area contributed by atoms with Gasteiger partial charge in [0.25, 0.3) is 0 Å². The highest BCUT2D eigenvalue weighted by molar-refractivity contribution is 5.94. The van der Waals surface area contributed by atoms with E-state index >= 15 is 0 Å². The first kappa shape index (κ1) is 23.8. The minimum absolute atomic E-state index is 0. The predicted molar refractivity (Wildman–Crippen MR) is 130 cm³/mol. The van der Waals surface area contributed by atoms with Crippen LogP contribution in [0.4, 0.5) is 0 Å². The van der Waals surface area contributed by atoms with Gasteiger partial charge < -0.3 is 14.4 Å². The summed E-state index contributed by atoms with van der Waals surface area (Å²) in [4.78, 5) is 4.72. The fourth-order valence-corrected chi connectivity index (χ4v) is 4.58.